The number of ketones is 1. The van der Waals surface area contributed by atoms with Crippen molar-refractivity contribution in [2.24, 2.45) is 5.92 Å². The molecule has 0 aromatic heterocycles. The minimum Gasteiger partial charge on any atom is -0.455 e. The number of benzene rings is 1. The second kappa shape index (κ2) is 9.67. The molecule has 0 radical (unpaired) electrons. The summed E-state index contributed by atoms with van der Waals surface area (Å²) in [6.07, 6.45) is 4.73. The number of hydrogen-bond donors (Lipinski definition) is 1. The van der Waals surface area contributed by atoms with Gasteiger partial charge in [0.05, 0.1) is 12.0 Å². The van der Waals surface area contributed by atoms with Gasteiger partial charge < -0.3 is 15.0 Å². The van der Waals surface area contributed by atoms with Crippen molar-refractivity contribution >= 4 is 23.6 Å². The molecule has 29 heavy (non-hydrogen) atoms. The van der Waals surface area contributed by atoms with Gasteiger partial charge in [0.1, 0.15) is 0 Å². The van der Waals surface area contributed by atoms with E-state index in [0.29, 0.717) is 13.0 Å². The number of carbonyl (C=O) groups is 4. The van der Waals surface area contributed by atoms with E-state index in [0.717, 1.165) is 31.2 Å². The summed E-state index contributed by atoms with van der Waals surface area (Å²) in [6, 6.07) is 8.95. The molecule has 1 aliphatic heterocycles. The van der Waals surface area contributed by atoms with Gasteiger partial charge in [-0.25, -0.2) is 0 Å². The molecule has 7 heteroatoms. The van der Waals surface area contributed by atoms with Gasteiger partial charge in [-0.15, -0.1) is 0 Å². The first-order chi connectivity index (χ1) is 13.9. The zero-order valence-corrected chi connectivity index (χ0v) is 16.8. The Morgan fingerprint density at radius 3 is 2.52 bits per heavy atom. The Hall–Kier alpha value is -2.70. The fraction of sp³-hybridized carbons (Fsp3) is 0.545. The Labute approximate surface area is 170 Å². The Morgan fingerprint density at radius 1 is 1.17 bits per heavy atom. The van der Waals surface area contributed by atoms with E-state index in [1.807, 2.05) is 30.3 Å². The fourth-order valence-corrected chi connectivity index (χ4v) is 4.10. The van der Waals surface area contributed by atoms with E-state index in [9.17, 15) is 19.2 Å². The largest absolute Gasteiger partial charge is 0.455 e. The van der Waals surface area contributed by atoms with Crippen molar-refractivity contribution in [3.05, 3.63) is 35.9 Å². The van der Waals surface area contributed by atoms with Crippen LogP contribution in [0.25, 0.3) is 0 Å². The van der Waals surface area contributed by atoms with Crippen molar-refractivity contribution in [3.8, 4) is 0 Å². The molecule has 156 valence electrons. The molecular formula is C22H28N2O5. The van der Waals surface area contributed by atoms with Crippen molar-refractivity contribution in [1.29, 1.82) is 0 Å². The standard InChI is InChI=1S/C22H28N2O5/c1-15(25)19(11-16-7-3-2-4-8-16)23-20(26)14-29-22(28)17-12-21(27)24(13-17)18-9-5-6-10-18/h2-4,7-8,17-19H,5-6,9-14H2,1H3,(H,23,26)/t17-,19+/m0/s1. The first-order valence-corrected chi connectivity index (χ1v) is 10.2. The van der Waals surface area contributed by atoms with Gasteiger partial charge in [-0.3, -0.25) is 19.2 Å². The molecule has 0 spiro atoms. The number of amides is 2. The third-order valence-corrected chi connectivity index (χ3v) is 5.71. The van der Waals surface area contributed by atoms with Crippen LogP contribution in [0.5, 0.6) is 0 Å². The van der Waals surface area contributed by atoms with E-state index in [1.165, 1.54) is 6.92 Å². The summed E-state index contributed by atoms with van der Waals surface area (Å²) >= 11 is 0. The number of likely N-dealkylation sites (tertiary alicyclic amines) is 1. The average molecular weight is 400 g/mol. The van der Waals surface area contributed by atoms with Crippen molar-refractivity contribution in [3.63, 3.8) is 0 Å². The van der Waals surface area contributed by atoms with Crippen LogP contribution < -0.4 is 5.32 Å². The lowest BCUT2D eigenvalue weighted by Gasteiger charge is -2.23. The number of rotatable bonds is 8. The molecule has 7 nitrogen and oxygen atoms in total. The molecule has 1 N–H and O–H groups in total. The highest BCUT2D eigenvalue weighted by Crippen LogP contribution is 2.29. The van der Waals surface area contributed by atoms with Crippen molar-refractivity contribution in [2.75, 3.05) is 13.2 Å². The van der Waals surface area contributed by atoms with Gasteiger partial charge in [0.2, 0.25) is 5.91 Å². The van der Waals surface area contributed by atoms with Crippen molar-refractivity contribution in [1.82, 2.24) is 10.2 Å². The number of Topliss-reactive ketones (excluding diaryl/α,β-unsaturated/α-hetero) is 1. The molecule has 2 aliphatic rings. The summed E-state index contributed by atoms with van der Waals surface area (Å²) in [5, 5.41) is 2.63. The maximum atomic E-state index is 12.3. The number of ether oxygens (including phenoxy) is 1. The summed E-state index contributed by atoms with van der Waals surface area (Å²) in [5.41, 5.74) is 0.932. The van der Waals surface area contributed by atoms with Crippen LogP contribution in [-0.4, -0.2) is 53.7 Å². The Morgan fingerprint density at radius 2 is 1.86 bits per heavy atom. The summed E-state index contributed by atoms with van der Waals surface area (Å²) in [5.74, 6) is -1.75. The number of nitrogens with one attached hydrogen (secondary N) is 1. The van der Waals surface area contributed by atoms with Gasteiger partial charge >= 0.3 is 5.97 Å². The smallest absolute Gasteiger partial charge is 0.311 e. The van der Waals surface area contributed by atoms with Crippen LogP contribution in [0.4, 0.5) is 0 Å². The SMILES string of the molecule is CC(=O)[C@@H](Cc1ccccc1)NC(=O)COC(=O)[C@H]1CC(=O)N(C2CCCC2)C1. The van der Waals surface area contributed by atoms with Crippen molar-refractivity contribution in [2.45, 2.75) is 57.5 Å². The fourth-order valence-electron chi connectivity index (χ4n) is 4.10. The molecule has 1 aromatic carbocycles. The summed E-state index contributed by atoms with van der Waals surface area (Å²) < 4.78 is 5.14. The lowest BCUT2D eigenvalue weighted by molar-refractivity contribution is -0.152. The number of nitrogens with zero attached hydrogens (tertiary/aromatic N) is 1. The van der Waals surface area contributed by atoms with E-state index in [-0.39, 0.29) is 24.2 Å². The molecule has 2 atom stereocenters. The van der Waals surface area contributed by atoms with Gasteiger partial charge in [-0.1, -0.05) is 43.2 Å². The second-order valence-electron chi connectivity index (χ2n) is 7.91. The van der Waals surface area contributed by atoms with Crippen LogP contribution in [0, 0.1) is 5.92 Å². The van der Waals surface area contributed by atoms with Gasteiger partial charge in [-0.05, 0) is 31.7 Å². The number of hydrogen-bond acceptors (Lipinski definition) is 5. The predicted octanol–water partition coefficient (Wildman–Crippen LogP) is 1.64. The highest BCUT2D eigenvalue weighted by molar-refractivity contribution is 5.90. The number of carbonyl (C=O) groups excluding carboxylic acids is 4. The maximum Gasteiger partial charge on any atom is 0.311 e. The van der Waals surface area contributed by atoms with Crippen LogP contribution in [0.2, 0.25) is 0 Å². The van der Waals surface area contributed by atoms with Gasteiger partial charge in [0, 0.05) is 19.0 Å². The molecule has 1 aliphatic carbocycles. The lowest BCUT2D eigenvalue weighted by atomic mass is 10.0. The third-order valence-electron chi connectivity index (χ3n) is 5.71. The molecule has 0 unspecified atom stereocenters. The molecular weight excluding hydrogens is 372 g/mol. The van der Waals surface area contributed by atoms with Gasteiger partial charge in [-0.2, -0.15) is 0 Å². The monoisotopic (exact) mass is 400 g/mol. The zero-order valence-electron chi connectivity index (χ0n) is 16.8. The molecule has 1 heterocycles. The first kappa shape index (κ1) is 21.0. The van der Waals surface area contributed by atoms with E-state index >= 15 is 0 Å². The molecule has 2 amide bonds. The third kappa shape index (κ3) is 5.65. The van der Waals surface area contributed by atoms with Gasteiger partial charge in [0.25, 0.3) is 5.91 Å². The Kier molecular flexibility index (Phi) is 7.01. The summed E-state index contributed by atoms with van der Waals surface area (Å²) in [6.45, 7) is 1.33. The van der Waals surface area contributed by atoms with Crippen LogP contribution in [-0.2, 0) is 30.3 Å². The second-order valence-corrected chi connectivity index (χ2v) is 7.91. The molecule has 1 saturated carbocycles. The predicted molar refractivity (Wildman–Crippen MR) is 106 cm³/mol. The molecule has 2 fully saturated rings. The lowest BCUT2D eigenvalue weighted by Crippen LogP contribution is -2.43. The maximum absolute atomic E-state index is 12.3. The minimum absolute atomic E-state index is 0.0113. The topological polar surface area (TPSA) is 92.8 Å². The van der Waals surface area contributed by atoms with E-state index in [1.54, 1.807) is 4.90 Å². The van der Waals surface area contributed by atoms with E-state index in [4.69, 9.17) is 4.74 Å². The van der Waals surface area contributed by atoms with Crippen molar-refractivity contribution < 1.29 is 23.9 Å². The quantitative estimate of drug-likeness (QED) is 0.670. The number of esters is 1. The Bertz CT molecular complexity index is 758. The van der Waals surface area contributed by atoms with E-state index in [2.05, 4.69) is 5.32 Å². The zero-order chi connectivity index (χ0) is 20.8. The van der Waals surface area contributed by atoms with Crippen LogP contribution in [0.1, 0.15) is 44.6 Å². The normalized spacial score (nSPS) is 20.5. The van der Waals surface area contributed by atoms with Crippen LogP contribution in [0.15, 0.2) is 30.3 Å². The van der Waals surface area contributed by atoms with E-state index < -0.39 is 30.4 Å². The highest BCUT2D eigenvalue weighted by Gasteiger charge is 2.39. The Balaban J connectivity index is 1.46. The molecule has 3 rings (SSSR count). The molecule has 0 bridgehead atoms. The molecule has 1 saturated heterocycles. The highest BCUT2D eigenvalue weighted by atomic mass is 16.5. The minimum atomic E-state index is -0.672. The molecule has 1 aromatic rings. The summed E-state index contributed by atoms with van der Waals surface area (Å²) in [7, 11) is 0. The average Bonchev–Trinajstić information content (AvgIpc) is 3.36. The van der Waals surface area contributed by atoms with Gasteiger partial charge in [0.15, 0.2) is 12.4 Å². The van der Waals surface area contributed by atoms with Crippen LogP contribution >= 0.6 is 0 Å². The van der Waals surface area contributed by atoms with Crippen LogP contribution in [0.3, 0.4) is 0 Å². The first-order valence-electron chi connectivity index (χ1n) is 10.2. The summed E-state index contributed by atoms with van der Waals surface area (Å²) in [4.78, 5) is 50.4.